The quantitative estimate of drug-likeness (QED) is 0.338. The minimum atomic E-state index is -0.0871. The molecule has 5 heteroatoms. The zero-order chi connectivity index (χ0) is 18.4. The molecule has 1 aromatic heterocycles. The molecule has 0 fully saturated rings. The molecule has 0 spiro atoms. The third-order valence-electron chi connectivity index (χ3n) is 4.77. The smallest absolute Gasteiger partial charge is 0.212 e. The second kappa shape index (κ2) is 5.95. The molecule has 0 unspecified atom stereocenters. The van der Waals surface area contributed by atoms with Gasteiger partial charge in [0, 0.05) is 17.7 Å². The third kappa shape index (κ3) is 2.36. The van der Waals surface area contributed by atoms with E-state index in [4.69, 9.17) is 0 Å². The first-order valence-corrected chi connectivity index (χ1v) is 8.52. The Kier molecular flexibility index (Phi) is 3.72. The second-order valence-electron chi connectivity index (χ2n) is 6.77. The van der Waals surface area contributed by atoms with Gasteiger partial charge in [-0.3, -0.25) is 4.79 Å². The lowest BCUT2D eigenvalue weighted by Crippen LogP contribution is -2.24. The topological polar surface area (TPSA) is 67.5 Å². The molecule has 0 aliphatic heterocycles. The van der Waals surface area contributed by atoms with Gasteiger partial charge in [-0.2, -0.15) is 0 Å². The zero-order valence-corrected chi connectivity index (χ0v) is 14.9. The number of carbonyl (C=O) groups excluding carboxylic acids is 1. The first kappa shape index (κ1) is 16.3. The fourth-order valence-electron chi connectivity index (χ4n) is 3.44. The van der Waals surface area contributed by atoms with E-state index >= 15 is 0 Å². The van der Waals surface area contributed by atoms with Crippen LogP contribution in [-0.4, -0.2) is 26.3 Å². The minimum Gasteiger partial charge on any atom is -0.410 e. The number of hydrogen-bond acceptors (Lipinski definition) is 4. The summed E-state index contributed by atoms with van der Waals surface area (Å²) < 4.78 is 1.88. The van der Waals surface area contributed by atoms with Crippen LogP contribution in [0.2, 0.25) is 0 Å². The van der Waals surface area contributed by atoms with Gasteiger partial charge in [0.05, 0.1) is 0 Å². The van der Waals surface area contributed by atoms with Gasteiger partial charge in [0.25, 0.3) is 0 Å². The number of nitrogens with zero attached hydrogens (tertiary/aromatic N) is 3. The lowest BCUT2D eigenvalue weighted by atomic mass is 9.87. The maximum atomic E-state index is 13.3. The molecule has 0 bridgehead atoms. The van der Waals surface area contributed by atoms with E-state index in [0.29, 0.717) is 34.8 Å². The Morgan fingerprint density at radius 1 is 1.19 bits per heavy atom. The Balaban J connectivity index is 1.98. The fraction of sp³-hybridized carbons (Fsp3) is 0.190. The number of ketones is 1. The van der Waals surface area contributed by atoms with E-state index in [9.17, 15) is 10.0 Å². The number of aryl methyl sites for hydroxylation is 1. The highest BCUT2D eigenvalue weighted by Crippen LogP contribution is 2.31. The highest BCUT2D eigenvalue weighted by Gasteiger charge is 2.34. The van der Waals surface area contributed by atoms with Gasteiger partial charge in [-0.1, -0.05) is 41.1 Å². The molecular weight excluding hydrogens is 326 g/mol. The van der Waals surface area contributed by atoms with E-state index in [1.54, 1.807) is 0 Å². The van der Waals surface area contributed by atoms with Crippen LogP contribution in [0.25, 0.3) is 10.8 Å². The van der Waals surface area contributed by atoms with Gasteiger partial charge < -0.3 is 9.77 Å². The summed E-state index contributed by atoms with van der Waals surface area (Å²) in [4.78, 5) is 17.8. The van der Waals surface area contributed by atoms with E-state index < -0.39 is 0 Å². The summed E-state index contributed by atoms with van der Waals surface area (Å²) in [7, 11) is 0. The van der Waals surface area contributed by atoms with Crippen LogP contribution < -0.4 is 0 Å². The van der Waals surface area contributed by atoms with Crippen LogP contribution in [0, 0.1) is 6.92 Å². The molecule has 5 nitrogen and oxygen atoms in total. The van der Waals surface area contributed by atoms with Crippen molar-refractivity contribution in [1.82, 2.24) is 9.55 Å². The molecule has 0 saturated heterocycles. The van der Waals surface area contributed by atoms with Crippen LogP contribution >= 0.6 is 0 Å². The van der Waals surface area contributed by atoms with Crippen molar-refractivity contribution in [2.24, 2.45) is 5.16 Å². The second-order valence-corrected chi connectivity index (χ2v) is 6.77. The van der Waals surface area contributed by atoms with Crippen LogP contribution in [0.5, 0.6) is 0 Å². The first-order chi connectivity index (χ1) is 12.5. The number of allylic oxidation sites excluding steroid dienone is 2. The number of benzene rings is 2. The van der Waals surface area contributed by atoms with Gasteiger partial charge in [-0.15, -0.1) is 0 Å². The van der Waals surface area contributed by atoms with E-state index in [2.05, 4.69) is 10.1 Å². The number of fused-ring (bicyclic) bond motifs is 3. The van der Waals surface area contributed by atoms with Crippen LogP contribution in [0.4, 0.5) is 0 Å². The van der Waals surface area contributed by atoms with Crippen LogP contribution in [0.3, 0.4) is 0 Å². The number of hydrogen-bond donors (Lipinski definition) is 1. The molecule has 1 aliphatic carbocycles. The van der Waals surface area contributed by atoms with E-state index in [1.807, 2.05) is 67.8 Å². The maximum Gasteiger partial charge on any atom is 0.212 e. The number of rotatable bonds is 2. The van der Waals surface area contributed by atoms with Crippen molar-refractivity contribution in [3.8, 4) is 0 Å². The van der Waals surface area contributed by atoms with E-state index in [1.165, 1.54) is 0 Å². The Morgan fingerprint density at radius 2 is 1.85 bits per heavy atom. The predicted molar refractivity (Wildman–Crippen MR) is 101 cm³/mol. The summed E-state index contributed by atoms with van der Waals surface area (Å²) in [5.74, 6) is 0.635. The molecule has 1 heterocycles. The Labute approximate surface area is 151 Å². The number of oxime groups is 1. The van der Waals surface area contributed by atoms with Crippen molar-refractivity contribution >= 4 is 22.3 Å². The van der Waals surface area contributed by atoms with Gasteiger partial charge in [0.2, 0.25) is 5.78 Å². The van der Waals surface area contributed by atoms with Crippen LogP contribution in [-0.2, 0) is 6.54 Å². The number of carbonyl (C=O) groups is 1. The fourth-order valence-corrected chi connectivity index (χ4v) is 3.44. The van der Waals surface area contributed by atoms with Gasteiger partial charge in [-0.25, -0.2) is 4.98 Å². The minimum absolute atomic E-state index is 0.0871. The molecule has 0 saturated carbocycles. The van der Waals surface area contributed by atoms with Gasteiger partial charge >= 0.3 is 0 Å². The summed E-state index contributed by atoms with van der Waals surface area (Å²) in [5.41, 5.74) is 3.60. The van der Waals surface area contributed by atoms with Gasteiger partial charge in [-0.05, 0) is 43.7 Å². The zero-order valence-electron chi connectivity index (χ0n) is 14.9. The van der Waals surface area contributed by atoms with E-state index in [0.717, 1.165) is 22.2 Å². The molecule has 0 radical (unpaired) electrons. The van der Waals surface area contributed by atoms with Crippen molar-refractivity contribution in [3.63, 3.8) is 0 Å². The predicted octanol–water partition coefficient (Wildman–Crippen LogP) is 4.08. The Morgan fingerprint density at radius 3 is 2.46 bits per heavy atom. The Hall–Kier alpha value is -3.21. The first-order valence-electron chi connectivity index (χ1n) is 8.52. The van der Waals surface area contributed by atoms with Gasteiger partial charge in [0.1, 0.15) is 22.9 Å². The summed E-state index contributed by atoms with van der Waals surface area (Å²) in [6.07, 6.45) is 2.05. The molecule has 0 atom stereocenters. The highest BCUT2D eigenvalue weighted by molar-refractivity contribution is 6.30. The summed E-state index contributed by atoms with van der Waals surface area (Å²) in [6, 6.07) is 11.6. The summed E-state index contributed by atoms with van der Waals surface area (Å²) >= 11 is 0. The summed E-state index contributed by atoms with van der Waals surface area (Å²) in [5, 5.41) is 15.1. The molecule has 4 rings (SSSR count). The lowest BCUT2D eigenvalue weighted by molar-refractivity contribution is 0.102. The molecule has 1 N–H and O–H groups in total. The number of aromatic nitrogens is 2. The molecule has 26 heavy (non-hydrogen) atoms. The van der Waals surface area contributed by atoms with Crippen molar-refractivity contribution in [2.75, 3.05) is 0 Å². The molecule has 3 aromatic rings. The Bertz CT molecular complexity index is 1120. The average Bonchev–Trinajstić information content (AvgIpc) is 2.95. The average molecular weight is 345 g/mol. The highest BCUT2D eigenvalue weighted by atomic mass is 16.4. The molecule has 2 aromatic carbocycles. The maximum absolute atomic E-state index is 13.3. The monoisotopic (exact) mass is 345 g/mol. The third-order valence-corrected chi connectivity index (χ3v) is 4.77. The standard InChI is InChI=1S/C21H19N3O2/c1-12(2)8-9-24-13(3)22-19-18(23-26)16-10-14-6-4-5-7-15(14)11-17(16)21(25)20(19)24/h4-8,10-11,26H,9H2,1-3H3/b23-18+. The summed E-state index contributed by atoms with van der Waals surface area (Å²) in [6.45, 7) is 6.45. The molecule has 130 valence electrons. The van der Waals surface area contributed by atoms with Crippen molar-refractivity contribution in [1.29, 1.82) is 0 Å². The number of imidazole rings is 1. The largest absolute Gasteiger partial charge is 0.410 e. The van der Waals surface area contributed by atoms with Crippen molar-refractivity contribution < 1.29 is 10.0 Å². The SMILES string of the molecule is CC(C)=CCn1c(C)nc2c1C(=O)c1cc3ccccc3cc1/C2=N\O. The van der Waals surface area contributed by atoms with Gasteiger partial charge in [0.15, 0.2) is 0 Å². The molecule has 1 aliphatic rings. The van der Waals surface area contributed by atoms with Crippen molar-refractivity contribution in [3.05, 3.63) is 76.4 Å². The normalized spacial score (nSPS) is 14.4. The van der Waals surface area contributed by atoms with Crippen LogP contribution in [0.1, 0.15) is 47.0 Å². The van der Waals surface area contributed by atoms with Crippen molar-refractivity contribution in [2.45, 2.75) is 27.3 Å². The van der Waals surface area contributed by atoms with E-state index in [-0.39, 0.29) is 5.78 Å². The lowest BCUT2D eigenvalue weighted by Gasteiger charge is -2.18. The molecular formula is C21H19N3O2. The molecule has 0 amide bonds. The van der Waals surface area contributed by atoms with Crippen LogP contribution in [0.15, 0.2) is 53.2 Å².